The third-order valence-corrected chi connectivity index (χ3v) is 1.70. The lowest BCUT2D eigenvalue weighted by molar-refractivity contribution is -0.145. The van der Waals surface area contributed by atoms with Gasteiger partial charge < -0.3 is 5.11 Å². The molecule has 1 N–H and O–H groups in total. The van der Waals surface area contributed by atoms with Crippen LogP contribution < -0.4 is 0 Å². The number of hydrogen-bond acceptors (Lipinski definition) is 4. The van der Waals surface area contributed by atoms with E-state index in [0.717, 1.165) is 6.26 Å². The second-order valence-corrected chi connectivity index (χ2v) is 3.97. The van der Waals surface area contributed by atoms with Crippen molar-refractivity contribution < 1.29 is 22.5 Å². The number of aliphatic carboxylic acids is 1. The van der Waals surface area contributed by atoms with Crippen molar-refractivity contribution in [2.45, 2.75) is 18.9 Å². The van der Waals surface area contributed by atoms with Gasteiger partial charge in [-0.2, -0.15) is 8.42 Å². The number of carboxylic acid groups (broad SMARTS) is 1. The minimum absolute atomic E-state index is 0.0150. The Morgan fingerprint density at radius 3 is 2.54 bits per heavy atom. The van der Waals surface area contributed by atoms with Crippen LogP contribution in [0.5, 0.6) is 0 Å². The Morgan fingerprint density at radius 1 is 1.69 bits per heavy atom. The predicted molar refractivity (Wildman–Crippen MR) is 45.4 cm³/mol. The van der Waals surface area contributed by atoms with Gasteiger partial charge in [0.25, 0.3) is 10.1 Å². The Labute approximate surface area is 76.8 Å². The zero-order valence-corrected chi connectivity index (χ0v) is 7.87. The first-order valence-electron chi connectivity index (χ1n) is 3.41. The standard InChI is InChI=1S/C7H10O5S/c1-3-4-5-6(7(8)9)12-13(2,10)11/h1,6H,4-5H2,2H3,(H,8,9). The van der Waals surface area contributed by atoms with Gasteiger partial charge in [0.15, 0.2) is 6.10 Å². The van der Waals surface area contributed by atoms with E-state index < -0.39 is 22.2 Å². The molecule has 0 aliphatic carbocycles. The quantitative estimate of drug-likeness (QED) is 0.499. The van der Waals surface area contributed by atoms with E-state index in [0.29, 0.717) is 0 Å². The van der Waals surface area contributed by atoms with Crippen LogP contribution in [-0.4, -0.2) is 31.9 Å². The molecule has 0 saturated heterocycles. The summed E-state index contributed by atoms with van der Waals surface area (Å²) in [5.41, 5.74) is 0. The van der Waals surface area contributed by atoms with Crippen LogP contribution in [0, 0.1) is 12.3 Å². The molecule has 0 aromatic heterocycles. The van der Waals surface area contributed by atoms with Crippen molar-refractivity contribution in [2.75, 3.05) is 6.26 Å². The molecule has 74 valence electrons. The number of carbonyl (C=O) groups is 1. The van der Waals surface area contributed by atoms with Crippen molar-refractivity contribution in [3.8, 4) is 12.3 Å². The molecule has 0 radical (unpaired) electrons. The number of carboxylic acids is 1. The van der Waals surface area contributed by atoms with Gasteiger partial charge in [0.1, 0.15) is 0 Å². The highest BCUT2D eigenvalue weighted by atomic mass is 32.2. The molecule has 13 heavy (non-hydrogen) atoms. The maximum Gasteiger partial charge on any atom is 0.334 e. The summed E-state index contributed by atoms with van der Waals surface area (Å²) in [5.74, 6) is 0.868. The van der Waals surface area contributed by atoms with Gasteiger partial charge in [-0.1, -0.05) is 0 Å². The van der Waals surface area contributed by atoms with Crippen LogP contribution in [0.4, 0.5) is 0 Å². The summed E-state index contributed by atoms with van der Waals surface area (Å²) in [6.07, 6.45) is 4.44. The lowest BCUT2D eigenvalue weighted by Gasteiger charge is -2.09. The minimum Gasteiger partial charge on any atom is -0.479 e. The van der Waals surface area contributed by atoms with Gasteiger partial charge in [-0.25, -0.2) is 4.79 Å². The smallest absolute Gasteiger partial charge is 0.334 e. The van der Waals surface area contributed by atoms with E-state index >= 15 is 0 Å². The average Bonchev–Trinajstić information content (AvgIpc) is 1.95. The molecular formula is C7H10O5S. The van der Waals surface area contributed by atoms with Crippen LogP contribution in [0.1, 0.15) is 12.8 Å². The van der Waals surface area contributed by atoms with E-state index in [4.69, 9.17) is 11.5 Å². The summed E-state index contributed by atoms with van der Waals surface area (Å²) in [4.78, 5) is 10.4. The molecule has 1 atom stereocenters. The molecule has 0 aromatic carbocycles. The minimum atomic E-state index is -3.75. The first kappa shape index (κ1) is 11.9. The predicted octanol–water partition coefficient (Wildman–Crippen LogP) is -0.171. The van der Waals surface area contributed by atoms with Gasteiger partial charge in [-0.3, -0.25) is 4.18 Å². The SMILES string of the molecule is C#CCCC(OS(C)(=O)=O)C(=O)O. The van der Waals surface area contributed by atoms with Crippen molar-refractivity contribution in [2.24, 2.45) is 0 Å². The molecule has 0 saturated carbocycles. The van der Waals surface area contributed by atoms with E-state index in [-0.39, 0.29) is 12.8 Å². The van der Waals surface area contributed by atoms with Crippen molar-refractivity contribution in [1.82, 2.24) is 0 Å². The fourth-order valence-electron chi connectivity index (χ4n) is 0.638. The fourth-order valence-corrected chi connectivity index (χ4v) is 1.24. The molecule has 0 rings (SSSR count). The van der Waals surface area contributed by atoms with Crippen LogP contribution in [0.3, 0.4) is 0 Å². The summed E-state index contributed by atoms with van der Waals surface area (Å²) < 4.78 is 25.4. The largest absolute Gasteiger partial charge is 0.479 e. The van der Waals surface area contributed by atoms with Crippen LogP contribution >= 0.6 is 0 Å². The first-order valence-corrected chi connectivity index (χ1v) is 5.23. The van der Waals surface area contributed by atoms with Crippen LogP contribution in [-0.2, 0) is 19.1 Å². The summed E-state index contributed by atoms with van der Waals surface area (Å²) >= 11 is 0. The van der Waals surface area contributed by atoms with Gasteiger partial charge in [0.2, 0.25) is 0 Å². The molecule has 1 unspecified atom stereocenters. The van der Waals surface area contributed by atoms with Gasteiger partial charge in [0, 0.05) is 6.42 Å². The van der Waals surface area contributed by atoms with Gasteiger partial charge in [-0.15, -0.1) is 12.3 Å². The monoisotopic (exact) mass is 206 g/mol. The summed E-state index contributed by atoms with van der Waals surface area (Å²) in [7, 11) is -3.75. The zero-order valence-electron chi connectivity index (χ0n) is 7.06. The molecule has 5 nitrogen and oxygen atoms in total. The van der Waals surface area contributed by atoms with E-state index in [1.54, 1.807) is 0 Å². The fraction of sp³-hybridized carbons (Fsp3) is 0.571. The molecule has 0 spiro atoms. The van der Waals surface area contributed by atoms with Crippen molar-refractivity contribution >= 4 is 16.1 Å². The molecule has 0 bridgehead atoms. The van der Waals surface area contributed by atoms with Crippen molar-refractivity contribution in [1.29, 1.82) is 0 Å². The van der Waals surface area contributed by atoms with Gasteiger partial charge >= 0.3 is 5.97 Å². The van der Waals surface area contributed by atoms with Crippen LogP contribution in [0.15, 0.2) is 0 Å². The normalized spacial score (nSPS) is 13.2. The summed E-state index contributed by atoms with van der Waals surface area (Å²) in [6.45, 7) is 0. The highest BCUT2D eigenvalue weighted by molar-refractivity contribution is 7.86. The topological polar surface area (TPSA) is 80.7 Å². The van der Waals surface area contributed by atoms with E-state index in [9.17, 15) is 13.2 Å². The van der Waals surface area contributed by atoms with Crippen molar-refractivity contribution in [3.63, 3.8) is 0 Å². The Balaban J connectivity index is 4.29. The Hall–Kier alpha value is -1.06. The maximum atomic E-state index is 10.6. The number of rotatable bonds is 5. The maximum absolute atomic E-state index is 10.6. The summed E-state index contributed by atoms with van der Waals surface area (Å²) in [6, 6.07) is 0. The van der Waals surface area contributed by atoms with Gasteiger partial charge in [0.05, 0.1) is 6.26 Å². The molecule has 0 fully saturated rings. The third-order valence-electron chi connectivity index (χ3n) is 1.12. The van der Waals surface area contributed by atoms with Gasteiger partial charge in [-0.05, 0) is 6.42 Å². The second kappa shape index (κ2) is 4.84. The molecule has 0 aliphatic heterocycles. The Kier molecular flexibility index (Phi) is 4.45. The van der Waals surface area contributed by atoms with E-state index in [2.05, 4.69) is 10.1 Å². The van der Waals surface area contributed by atoms with Crippen LogP contribution in [0.25, 0.3) is 0 Å². The molecule has 6 heteroatoms. The Morgan fingerprint density at radius 2 is 2.23 bits per heavy atom. The zero-order chi connectivity index (χ0) is 10.5. The summed E-state index contributed by atoms with van der Waals surface area (Å²) in [5, 5.41) is 8.51. The second-order valence-electron chi connectivity index (χ2n) is 2.37. The molecule has 0 amide bonds. The third kappa shape index (κ3) is 6.13. The number of hydrogen-bond donors (Lipinski definition) is 1. The van der Waals surface area contributed by atoms with E-state index in [1.165, 1.54) is 0 Å². The molecular weight excluding hydrogens is 196 g/mol. The highest BCUT2D eigenvalue weighted by Crippen LogP contribution is 2.05. The van der Waals surface area contributed by atoms with Crippen molar-refractivity contribution in [3.05, 3.63) is 0 Å². The molecule has 0 aliphatic rings. The average molecular weight is 206 g/mol. The number of terminal acetylenes is 1. The highest BCUT2D eigenvalue weighted by Gasteiger charge is 2.22. The first-order chi connectivity index (χ1) is 5.87. The molecule has 0 aromatic rings. The van der Waals surface area contributed by atoms with E-state index in [1.807, 2.05) is 0 Å². The molecule has 0 heterocycles. The van der Waals surface area contributed by atoms with Crippen LogP contribution in [0.2, 0.25) is 0 Å². The Bertz CT molecular complexity index is 310. The lowest BCUT2D eigenvalue weighted by atomic mass is 10.2. The lowest BCUT2D eigenvalue weighted by Crippen LogP contribution is -2.26.